The van der Waals surface area contributed by atoms with Crippen molar-refractivity contribution in [3.05, 3.63) is 149 Å². The van der Waals surface area contributed by atoms with E-state index in [-0.39, 0.29) is 17.9 Å². The van der Waals surface area contributed by atoms with Crippen molar-refractivity contribution in [2.45, 2.75) is 50.5 Å². The first-order valence-electron chi connectivity index (χ1n) is 17.1. The third-order valence-corrected chi connectivity index (χ3v) is 10.5. The second kappa shape index (κ2) is 11.7. The predicted molar refractivity (Wildman–Crippen MR) is 199 cm³/mol. The Hall–Kier alpha value is -5.32. The van der Waals surface area contributed by atoms with Gasteiger partial charge in [0.05, 0.1) is 11.2 Å². The number of hydrogen-bond donors (Lipinski definition) is 1. The van der Waals surface area contributed by atoms with Crippen LogP contribution in [0.25, 0.3) is 50.2 Å². The number of nitrogens with zero attached hydrogens (tertiary/aromatic N) is 2. The summed E-state index contributed by atoms with van der Waals surface area (Å²) in [5.41, 5.74) is 20.8. The highest BCUT2D eigenvalue weighted by Gasteiger charge is 2.29. The van der Waals surface area contributed by atoms with Crippen LogP contribution in [0.1, 0.15) is 65.2 Å². The van der Waals surface area contributed by atoms with Crippen LogP contribution in [-0.2, 0) is 12.8 Å². The van der Waals surface area contributed by atoms with Gasteiger partial charge < -0.3 is 10.2 Å². The van der Waals surface area contributed by atoms with Gasteiger partial charge in [0.1, 0.15) is 11.3 Å². The molecule has 2 N–H and O–H groups in total. The van der Waals surface area contributed by atoms with Crippen LogP contribution < -0.4 is 5.73 Å². The molecule has 3 aliphatic rings. The number of rotatable bonds is 5. The molecular weight excluding hydrogens is 587 g/mol. The highest BCUT2D eigenvalue weighted by molar-refractivity contribution is 6.03. The summed E-state index contributed by atoms with van der Waals surface area (Å²) in [6, 6.07) is 28.9. The van der Waals surface area contributed by atoms with Gasteiger partial charge in [0.15, 0.2) is 0 Å². The van der Waals surface area contributed by atoms with E-state index in [0.29, 0.717) is 0 Å². The maximum absolute atomic E-state index is 6.75. The molecule has 0 spiro atoms. The Kier molecular flexibility index (Phi) is 7.05. The first-order valence-corrected chi connectivity index (χ1v) is 17.1. The van der Waals surface area contributed by atoms with Crippen molar-refractivity contribution >= 4 is 39.9 Å². The summed E-state index contributed by atoms with van der Waals surface area (Å²) in [6.07, 6.45) is 20.8. The number of fused-ring (bicyclic) bond motifs is 6. The average molecular weight is 624 g/mol. The first-order chi connectivity index (χ1) is 23.6. The fourth-order valence-electron chi connectivity index (χ4n) is 7.93. The number of benzene rings is 4. The minimum Gasteiger partial charge on any atom is -0.460 e. The minimum absolute atomic E-state index is 0.0464. The van der Waals surface area contributed by atoms with Gasteiger partial charge in [0, 0.05) is 58.6 Å². The lowest BCUT2D eigenvalue weighted by Gasteiger charge is -2.26. The van der Waals surface area contributed by atoms with E-state index in [0.717, 1.165) is 53.6 Å². The first kappa shape index (κ1) is 28.9. The standard InChI is InChI=1S/C44H37N3O/c1-27(33-21-22-36-34-12-3-5-16-40(34)48-44(36)41(33)37-13-2-4-15-39(37)45)30-9-6-10-31(25-30)28-17-19-29(20-18-28)38-26-32-11-7-23-46-42(32)43-35(38)14-8-24-47-43/h2-4,6,8-10,12-15,17-27,37,39H,5,7,11,16,45H2,1H3. The third kappa shape index (κ3) is 4.79. The van der Waals surface area contributed by atoms with Crippen LogP contribution in [0.5, 0.6) is 0 Å². The highest BCUT2D eigenvalue weighted by Crippen LogP contribution is 2.43. The summed E-state index contributed by atoms with van der Waals surface area (Å²) in [5, 5.41) is 2.33. The van der Waals surface area contributed by atoms with Crippen LogP contribution in [0.4, 0.5) is 5.69 Å². The average Bonchev–Trinajstić information content (AvgIpc) is 3.53. The summed E-state index contributed by atoms with van der Waals surface area (Å²) in [5.74, 6) is 1.27. The molecule has 0 saturated carbocycles. The van der Waals surface area contributed by atoms with Gasteiger partial charge in [0.25, 0.3) is 0 Å². The van der Waals surface area contributed by atoms with Crippen molar-refractivity contribution in [2.75, 3.05) is 0 Å². The summed E-state index contributed by atoms with van der Waals surface area (Å²) in [7, 11) is 0. The molecule has 234 valence electrons. The van der Waals surface area contributed by atoms with E-state index >= 15 is 0 Å². The summed E-state index contributed by atoms with van der Waals surface area (Å²) in [4.78, 5) is 9.45. The van der Waals surface area contributed by atoms with E-state index in [9.17, 15) is 0 Å². The van der Waals surface area contributed by atoms with Crippen molar-refractivity contribution in [3.63, 3.8) is 0 Å². The molecule has 2 aliphatic carbocycles. The normalized spacial score (nSPS) is 18.7. The lowest BCUT2D eigenvalue weighted by Crippen LogP contribution is -2.27. The zero-order valence-electron chi connectivity index (χ0n) is 27.1. The lowest BCUT2D eigenvalue weighted by atomic mass is 9.79. The third-order valence-electron chi connectivity index (χ3n) is 10.5. The fraction of sp³-hybridized carbons (Fsp3) is 0.182. The fourth-order valence-corrected chi connectivity index (χ4v) is 7.93. The Morgan fingerprint density at radius 1 is 0.833 bits per heavy atom. The molecule has 3 atom stereocenters. The molecule has 2 aromatic heterocycles. The van der Waals surface area contributed by atoms with E-state index < -0.39 is 0 Å². The molecule has 0 bridgehead atoms. The quantitative estimate of drug-likeness (QED) is 0.208. The van der Waals surface area contributed by atoms with Crippen molar-refractivity contribution in [1.82, 2.24) is 4.98 Å². The van der Waals surface area contributed by atoms with Crippen molar-refractivity contribution in [3.8, 4) is 22.3 Å². The van der Waals surface area contributed by atoms with E-state index in [4.69, 9.17) is 20.1 Å². The zero-order valence-corrected chi connectivity index (χ0v) is 27.1. The Morgan fingerprint density at radius 3 is 2.60 bits per heavy atom. The number of nitrogens with two attached hydrogens (primary N) is 1. The largest absolute Gasteiger partial charge is 0.460 e. The smallest absolute Gasteiger partial charge is 0.139 e. The monoisotopic (exact) mass is 623 g/mol. The van der Waals surface area contributed by atoms with E-state index in [1.165, 1.54) is 55.5 Å². The molecule has 6 aromatic rings. The van der Waals surface area contributed by atoms with Crippen molar-refractivity contribution in [2.24, 2.45) is 10.7 Å². The zero-order chi connectivity index (χ0) is 32.2. The van der Waals surface area contributed by atoms with Gasteiger partial charge in [-0.2, -0.15) is 0 Å². The molecule has 0 saturated heterocycles. The maximum Gasteiger partial charge on any atom is 0.139 e. The van der Waals surface area contributed by atoms with Crippen LogP contribution in [0.15, 0.2) is 125 Å². The van der Waals surface area contributed by atoms with E-state index in [1.807, 2.05) is 18.5 Å². The van der Waals surface area contributed by atoms with Gasteiger partial charge in [-0.05, 0) is 70.3 Å². The number of aryl methyl sites for hydroxylation is 2. The molecule has 4 heteroatoms. The van der Waals surface area contributed by atoms with Gasteiger partial charge in [-0.15, -0.1) is 0 Å². The summed E-state index contributed by atoms with van der Waals surface area (Å²) >= 11 is 0. The van der Waals surface area contributed by atoms with Crippen LogP contribution in [0, 0.1) is 0 Å². The van der Waals surface area contributed by atoms with E-state index in [1.54, 1.807) is 0 Å². The summed E-state index contributed by atoms with van der Waals surface area (Å²) < 4.78 is 6.67. The number of hydrogen-bond acceptors (Lipinski definition) is 4. The van der Waals surface area contributed by atoms with Gasteiger partial charge in [0.2, 0.25) is 0 Å². The van der Waals surface area contributed by atoms with Crippen molar-refractivity contribution < 1.29 is 4.42 Å². The van der Waals surface area contributed by atoms with Crippen LogP contribution in [0.3, 0.4) is 0 Å². The molecule has 0 fully saturated rings. The molecule has 4 aromatic carbocycles. The van der Waals surface area contributed by atoms with Crippen LogP contribution in [0.2, 0.25) is 0 Å². The Balaban J connectivity index is 1.09. The Bertz CT molecular complexity index is 2340. The number of pyridine rings is 1. The predicted octanol–water partition coefficient (Wildman–Crippen LogP) is 10.6. The lowest BCUT2D eigenvalue weighted by molar-refractivity contribution is 0.538. The molecule has 48 heavy (non-hydrogen) atoms. The molecular formula is C44H37N3O. The Morgan fingerprint density at radius 2 is 1.71 bits per heavy atom. The van der Waals surface area contributed by atoms with Gasteiger partial charge in [-0.3, -0.25) is 9.98 Å². The van der Waals surface area contributed by atoms with Crippen LogP contribution in [-0.4, -0.2) is 17.2 Å². The molecule has 0 radical (unpaired) electrons. The van der Waals surface area contributed by atoms with Gasteiger partial charge in [-0.1, -0.05) is 110 Å². The Labute approximate surface area is 281 Å². The van der Waals surface area contributed by atoms with Crippen LogP contribution >= 0.6 is 0 Å². The van der Waals surface area contributed by atoms with Gasteiger partial charge in [-0.25, -0.2) is 0 Å². The molecule has 9 rings (SSSR count). The topological polar surface area (TPSA) is 64.4 Å². The molecule has 3 heterocycles. The number of furan rings is 1. The van der Waals surface area contributed by atoms with Gasteiger partial charge >= 0.3 is 0 Å². The van der Waals surface area contributed by atoms with E-state index in [2.05, 4.69) is 116 Å². The molecule has 3 unspecified atom stereocenters. The SMILES string of the molecule is CC(c1cccc(-c2ccc(-c3cc4c(c5ncccc35)N=CCC4)cc2)c1)c1ccc2c3c(oc2c1C1C=CC=CC1N)CCC=C3. The molecule has 1 aliphatic heterocycles. The number of aliphatic imine (C=N–C) groups is 1. The van der Waals surface area contributed by atoms with Crippen molar-refractivity contribution in [1.29, 1.82) is 0 Å². The second-order valence-corrected chi connectivity index (χ2v) is 13.3. The minimum atomic E-state index is -0.107. The highest BCUT2D eigenvalue weighted by atomic mass is 16.3. The second-order valence-electron chi connectivity index (χ2n) is 13.3. The summed E-state index contributed by atoms with van der Waals surface area (Å²) in [6.45, 7) is 2.31. The number of aromatic nitrogens is 1. The molecule has 0 amide bonds. The number of allylic oxidation sites excluding steroid dienone is 3. The molecule has 4 nitrogen and oxygen atoms in total. The maximum atomic E-state index is 6.75.